The van der Waals surface area contributed by atoms with Crippen LogP contribution in [-0.2, 0) is 20.4 Å². The van der Waals surface area contributed by atoms with E-state index in [1.165, 1.54) is 10.3 Å². The van der Waals surface area contributed by atoms with Crippen molar-refractivity contribution in [1.82, 2.24) is 0 Å². The summed E-state index contributed by atoms with van der Waals surface area (Å²) >= 11 is 2.14. The molecule has 0 spiro atoms. The minimum atomic E-state index is 1.17. The average Bonchev–Trinajstić information content (AvgIpc) is 1.86. The number of allylic oxidation sites excluding steroid dienone is 4. The zero-order valence-corrected chi connectivity index (χ0v) is 5.00. The summed E-state index contributed by atoms with van der Waals surface area (Å²) in [6.45, 7) is 0. The zero-order valence-electron chi connectivity index (χ0n) is 3.44. The van der Waals surface area contributed by atoms with Gasteiger partial charge in [0.05, 0.1) is 0 Å². The van der Waals surface area contributed by atoms with Crippen LogP contribution in [0.5, 0.6) is 0 Å². The molecule has 29 valence electrons. The van der Waals surface area contributed by atoms with Crippen molar-refractivity contribution in [3.63, 3.8) is 0 Å². The molecule has 0 heterocycles. The van der Waals surface area contributed by atoms with Crippen LogP contribution in [0.2, 0.25) is 0 Å². The molecule has 0 nitrogen and oxygen atoms in total. The van der Waals surface area contributed by atoms with E-state index in [2.05, 4.69) is 38.7 Å². The monoisotopic (exact) mass is 113 g/mol. The Balaban J connectivity index is 2.61. The van der Waals surface area contributed by atoms with Gasteiger partial charge in [0.2, 0.25) is 0 Å². The molecule has 0 fully saturated rings. The van der Waals surface area contributed by atoms with Gasteiger partial charge in [0.15, 0.2) is 0 Å². The summed E-state index contributed by atoms with van der Waals surface area (Å²) in [4.78, 5) is 0. The summed E-state index contributed by atoms with van der Waals surface area (Å²) in [7, 11) is 0. The van der Waals surface area contributed by atoms with Crippen molar-refractivity contribution in [2.45, 2.75) is 6.42 Å². The number of rotatable bonds is 0. The van der Waals surface area contributed by atoms with Crippen LogP contribution in [0.1, 0.15) is 6.42 Å². The van der Waals surface area contributed by atoms with Crippen LogP contribution in [0.4, 0.5) is 0 Å². The summed E-state index contributed by atoms with van der Waals surface area (Å²) in [5, 5.41) is 0. The Labute approximate surface area is 49.3 Å². The maximum absolute atomic E-state index is 2.16. The first-order valence-electron chi connectivity index (χ1n) is 1.97. The second kappa shape index (κ2) is 1.77. The quantitative estimate of drug-likeness (QED) is 0.416. The zero-order chi connectivity index (χ0) is 4.41. The molecule has 0 N–H and O–H groups in total. The van der Waals surface area contributed by atoms with E-state index < -0.39 is 0 Å². The third-order valence-electron chi connectivity index (χ3n) is 0.771. The van der Waals surface area contributed by atoms with Gasteiger partial charge in [-0.2, -0.15) is 0 Å². The first kappa shape index (κ1) is 4.36. The molecule has 1 heteroatoms. The van der Waals surface area contributed by atoms with Crippen molar-refractivity contribution in [3.05, 3.63) is 22.1 Å². The standard InChI is InChI=1S/C5H5.Ti/c1-2-4-5-3-1;/h1-3H,4H2;. The average molecular weight is 113 g/mol. The van der Waals surface area contributed by atoms with E-state index in [0.717, 1.165) is 0 Å². The molecule has 1 rings (SSSR count). The van der Waals surface area contributed by atoms with Gasteiger partial charge in [-0.15, -0.1) is 0 Å². The Morgan fingerprint density at radius 2 is 2.50 bits per heavy atom. The minimum absolute atomic E-state index is 1.17. The Morgan fingerprint density at radius 3 is 2.67 bits per heavy atom. The van der Waals surface area contributed by atoms with Gasteiger partial charge in [-0.1, -0.05) is 0 Å². The van der Waals surface area contributed by atoms with Gasteiger partial charge in [0.25, 0.3) is 0 Å². The fourth-order valence-corrected chi connectivity index (χ4v) is 0.782. The van der Waals surface area contributed by atoms with Gasteiger partial charge in [0.1, 0.15) is 0 Å². The molecule has 0 aromatic rings. The van der Waals surface area contributed by atoms with Crippen LogP contribution < -0.4 is 0 Å². The van der Waals surface area contributed by atoms with Crippen molar-refractivity contribution in [3.8, 4) is 0 Å². The summed E-state index contributed by atoms with van der Waals surface area (Å²) in [5.41, 5.74) is 0. The molecule has 0 saturated heterocycles. The van der Waals surface area contributed by atoms with Gasteiger partial charge in [-0.25, -0.2) is 0 Å². The third-order valence-corrected chi connectivity index (χ3v) is 1.35. The van der Waals surface area contributed by atoms with E-state index in [4.69, 9.17) is 0 Å². The van der Waals surface area contributed by atoms with Crippen molar-refractivity contribution >= 4 is 0 Å². The summed E-state index contributed by atoms with van der Waals surface area (Å²) in [6, 6.07) is 0. The fourth-order valence-electron chi connectivity index (χ4n) is 0.447. The first-order valence-corrected chi connectivity index (χ1v) is 2.75. The van der Waals surface area contributed by atoms with Gasteiger partial charge in [0, 0.05) is 0 Å². The molecule has 6 heavy (non-hydrogen) atoms. The van der Waals surface area contributed by atoms with E-state index in [-0.39, 0.29) is 0 Å². The summed E-state index contributed by atoms with van der Waals surface area (Å²) in [5.74, 6) is 0. The third kappa shape index (κ3) is 0.827. The van der Waals surface area contributed by atoms with Gasteiger partial charge < -0.3 is 0 Å². The van der Waals surface area contributed by atoms with Crippen LogP contribution in [0.15, 0.2) is 22.1 Å². The molecule has 0 aromatic carbocycles. The Kier molecular flexibility index (Phi) is 1.28. The van der Waals surface area contributed by atoms with E-state index in [1.807, 2.05) is 0 Å². The number of hydrogen-bond donors (Lipinski definition) is 0. The van der Waals surface area contributed by atoms with Crippen molar-refractivity contribution in [2.24, 2.45) is 0 Å². The second-order valence-electron chi connectivity index (χ2n) is 1.32. The Morgan fingerprint density at radius 1 is 1.67 bits per heavy atom. The first-order chi connectivity index (χ1) is 2.89. The van der Waals surface area contributed by atoms with Gasteiger partial charge in [-0.3, -0.25) is 0 Å². The van der Waals surface area contributed by atoms with E-state index in [9.17, 15) is 0 Å². The molecule has 1 aliphatic carbocycles. The predicted octanol–water partition coefficient (Wildman–Crippen LogP) is 1.38. The maximum atomic E-state index is 2.16. The molecular weight excluding hydrogens is 108 g/mol. The Bertz CT molecular complexity index is 101. The normalized spacial score (nSPS) is 18.2. The van der Waals surface area contributed by atoms with Crippen molar-refractivity contribution in [1.29, 1.82) is 0 Å². The van der Waals surface area contributed by atoms with E-state index in [0.29, 0.717) is 0 Å². The molecule has 0 radical (unpaired) electrons. The molecular formula is C5H5Ti. The molecule has 0 amide bonds. The second-order valence-corrected chi connectivity index (χ2v) is 2.33. The fraction of sp³-hybridized carbons (Fsp3) is 0.200. The molecule has 0 aliphatic heterocycles. The van der Waals surface area contributed by atoms with Crippen molar-refractivity contribution in [2.75, 3.05) is 0 Å². The number of hydrogen-bond acceptors (Lipinski definition) is 0. The molecule has 0 unspecified atom stereocenters. The molecule has 1 aliphatic rings. The molecule has 0 atom stereocenters. The van der Waals surface area contributed by atoms with E-state index in [1.54, 1.807) is 0 Å². The Hall–Kier alpha value is 0.194. The van der Waals surface area contributed by atoms with Crippen LogP contribution in [-0.4, -0.2) is 0 Å². The van der Waals surface area contributed by atoms with Crippen LogP contribution in [0.25, 0.3) is 0 Å². The van der Waals surface area contributed by atoms with Crippen molar-refractivity contribution < 1.29 is 20.4 Å². The van der Waals surface area contributed by atoms with E-state index >= 15 is 0 Å². The van der Waals surface area contributed by atoms with Gasteiger partial charge in [-0.05, 0) is 0 Å². The molecule has 0 bridgehead atoms. The van der Waals surface area contributed by atoms with Crippen LogP contribution in [0.3, 0.4) is 0 Å². The summed E-state index contributed by atoms with van der Waals surface area (Å²) in [6.07, 6.45) is 7.56. The SMILES string of the molecule is [Ti][C]1=CC=CC1. The van der Waals surface area contributed by atoms with Crippen LogP contribution >= 0.6 is 0 Å². The van der Waals surface area contributed by atoms with Gasteiger partial charge >= 0.3 is 49.0 Å². The topological polar surface area (TPSA) is 0 Å². The summed E-state index contributed by atoms with van der Waals surface area (Å²) < 4.78 is 1.47. The predicted molar refractivity (Wildman–Crippen MR) is 21.8 cm³/mol. The molecule has 0 saturated carbocycles. The molecule has 0 aromatic heterocycles. The van der Waals surface area contributed by atoms with Crippen LogP contribution in [0, 0.1) is 0 Å².